The van der Waals surface area contributed by atoms with Gasteiger partial charge in [0.25, 0.3) is 11.7 Å². The number of ketones is 1. The Morgan fingerprint density at radius 2 is 1.81 bits per heavy atom. The highest BCUT2D eigenvalue weighted by Gasteiger charge is 2.30. The Kier molecular flexibility index (Phi) is 6.25. The number of aromatic nitrogens is 1. The van der Waals surface area contributed by atoms with E-state index in [9.17, 15) is 14.4 Å². The third-order valence-electron chi connectivity index (χ3n) is 5.98. The summed E-state index contributed by atoms with van der Waals surface area (Å²) in [6, 6.07) is 14.8. The van der Waals surface area contributed by atoms with Gasteiger partial charge in [-0.05, 0) is 50.8 Å². The van der Waals surface area contributed by atoms with Gasteiger partial charge in [-0.25, -0.2) is 4.79 Å². The number of carbonyl (C=O) groups excluding carboxylic acids is 3. The molecule has 7 heteroatoms. The molecule has 2 aromatic carbocycles. The first-order valence-corrected chi connectivity index (χ1v) is 10.9. The summed E-state index contributed by atoms with van der Waals surface area (Å²) in [5.41, 5.74) is 3.85. The summed E-state index contributed by atoms with van der Waals surface area (Å²) in [5.74, 6) is -0.856. The van der Waals surface area contributed by atoms with Gasteiger partial charge in [0.05, 0.1) is 5.56 Å². The molecule has 3 N–H and O–H groups in total. The maximum atomic E-state index is 13.0. The van der Waals surface area contributed by atoms with Gasteiger partial charge in [-0.15, -0.1) is 0 Å². The number of fused-ring (bicyclic) bond motifs is 1. The maximum absolute atomic E-state index is 13.0. The van der Waals surface area contributed by atoms with Crippen molar-refractivity contribution in [3.05, 3.63) is 65.4 Å². The van der Waals surface area contributed by atoms with Gasteiger partial charge in [0.1, 0.15) is 0 Å². The number of rotatable bonds is 5. The van der Waals surface area contributed by atoms with Crippen LogP contribution >= 0.6 is 0 Å². The fourth-order valence-corrected chi connectivity index (χ4v) is 4.29. The third kappa shape index (κ3) is 4.66. The van der Waals surface area contributed by atoms with Gasteiger partial charge < -0.3 is 20.5 Å². The molecular formula is C25H28N4O3. The minimum absolute atomic E-state index is 0.105. The van der Waals surface area contributed by atoms with Gasteiger partial charge in [0, 0.05) is 41.9 Å². The number of aryl methyl sites for hydroxylation is 2. The quantitative estimate of drug-likeness (QED) is 0.420. The zero-order valence-corrected chi connectivity index (χ0v) is 18.4. The summed E-state index contributed by atoms with van der Waals surface area (Å²) in [4.78, 5) is 43.1. The van der Waals surface area contributed by atoms with Gasteiger partial charge in [0.2, 0.25) is 0 Å². The van der Waals surface area contributed by atoms with Gasteiger partial charge in [-0.3, -0.25) is 9.59 Å². The zero-order chi connectivity index (χ0) is 22.7. The molecule has 2 heterocycles. The molecule has 7 nitrogen and oxygen atoms in total. The number of hydrogen-bond donors (Lipinski definition) is 3. The van der Waals surface area contributed by atoms with Crippen LogP contribution < -0.4 is 10.6 Å². The number of para-hydroxylation sites is 1. The van der Waals surface area contributed by atoms with Gasteiger partial charge in [-0.2, -0.15) is 0 Å². The van der Waals surface area contributed by atoms with Crippen LogP contribution in [0.1, 0.15) is 34.5 Å². The smallest absolute Gasteiger partial charge is 0.319 e. The van der Waals surface area contributed by atoms with Crippen LogP contribution in [-0.2, 0) is 4.79 Å². The summed E-state index contributed by atoms with van der Waals surface area (Å²) in [5, 5.41) is 6.47. The van der Waals surface area contributed by atoms with Gasteiger partial charge in [0.15, 0.2) is 0 Å². The lowest BCUT2D eigenvalue weighted by Gasteiger charge is -2.32. The number of Topliss-reactive ketones (excluding diaryl/α,β-unsaturated/α-hetero) is 1. The molecule has 1 fully saturated rings. The maximum Gasteiger partial charge on any atom is 0.319 e. The normalized spacial score (nSPS) is 16.1. The van der Waals surface area contributed by atoms with Crippen LogP contribution in [-0.4, -0.2) is 47.2 Å². The molecule has 1 unspecified atom stereocenters. The molecule has 1 aliphatic heterocycles. The summed E-state index contributed by atoms with van der Waals surface area (Å²) in [6.45, 7) is 5.26. The predicted molar refractivity (Wildman–Crippen MR) is 125 cm³/mol. The molecule has 0 radical (unpaired) electrons. The highest BCUT2D eigenvalue weighted by molar-refractivity contribution is 6.45. The van der Waals surface area contributed by atoms with E-state index in [-0.39, 0.29) is 11.9 Å². The van der Waals surface area contributed by atoms with Gasteiger partial charge in [-0.1, -0.05) is 35.9 Å². The van der Waals surface area contributed by atoms with E-state index in [1.54, 1.807) is 4.90 Å². The molecule has 4 rings (SSSR count). The Morgan fingerprint density at radius 1 is 1.06 bits per heavy atom. The summed E-state index contributed by atoms with van der Waals surface area (Å²) in [6.07, 6.45) is 1.70. The van der Waals surface area contributed by atoms with Crippen molar-refractivity contribution in [2.24, 2.45) is 5.92 Å². The van der Waals surface area contributed by atoms with Crippen molar-refractivity contribution < 1.29 is 14.4 Å². The first-order valence-electron chi connectivity index (χ1n) is 10.9. The van der Waals surface area contributed by atoms with E-state index in [0.717, 1.165) is 35.0 Å². The third-order valence-corrected chi connectivity index (χ3v) is 5.98. The van der Waals surface area contributed by atoms with Crippen molar-refractivity contribution in [2.45, 2.75) is 26.7 Å². The van der Waals surface area contributed by atoms with Crippen LogP contribution in [0.15, 0.2) is 48.5 Å². The number of H-pyrrole nitrogens is 1. The average molecular weight is 433 g/mol. The molecule has 1 aromatic heterocycles. The number of urea groups is 1. The standard InChI is InChI=1S/C25H28N4O3/c1-16-9-11-19(12-10-16)28-25(32)26-14-18-6-5-13-29(15-18)24(31)23(30)22-17(2)27-21-8-4-3-7-20(21)22/h3-4,7-12,18,27H,5-6,13-15H2,1-2H3,(H2,26,28,32). The monoisotopic (exact) mass is 432 g/mol. The van der Waals surface area contributed by atoms with Crippen LogP contribution in [0, 0.1) is 19.8 Å². The number of nitrogens with one attached hydrogen (secondary N) is 3. The number of likely N-dealkylation sites (tertiary alicyclic amines) is 1. The Morgan fingerprint density at radius 3 is 2.59 bits per heavy atom. The highest BCUT2D eigenvalue weighted by atomic mass is 16.2. The fraction of sp³-hybridized carbons (Fsp3) is 0.320. The first kappa shape index (κ1) is 21.6. The second-order valence-electron chi connectivity index (χ2n) is 8.46. The summed E-state index contributed by atoms with van der Waals surface area (Å²) in [7, 11) is 0. The summed E-state index contributed by atoms with van der Waals surface area (Å²) >= 11 is 0. The molecule has 1 atom stereocenters. The molecule has 3 aromatic rings. The number of benzene rings is 2. The fourth-order valence-electron chi connectivity index (χ4n) is 4.29. The van der Waals surface area contributed by atoms with Crippen molar-refractivity contribution in [3.8, 4) is 0 Å². The molecule has 166 valence electrons. The van der Waals surface area contributed by atoms with E-state index >= 15 is 0 Å². The van der Waals surface area contributed by atoms with Crippen molar-refractivity contribution in [1.29, 1.82) is 0 Å². The lowest BCUT2D eigenvalue weighted by Crippen LogP contribution is -2.46. The Hall–Kier alpha value is -3.61. The number of aromatic amines is 1. The molecule has 0 spiro atoms. The van der Waals surface area contributed by atoms with E-state index in [1.807, 2.05) is 62.4 Å². The van der Waals surface area contributed by atoms with Crippen molar-refractivity contribution >= 4 is 34.3 Å². The Labute approximate surface area is 187 Å². The lowest BCUT2D eigenvalue weighted by molar-refractivity contribution is -0.128. The molecule has 3 amide bonds. The number of hydrogen-bond acceptors (Lipinski definition) is 3. The van der Waals surface area contributed by atoms with Crippen LogP contribution in [0.4, 0.5) is 10.5 Å². The molecule has 32 heavy (non-hydrogen) atoms. The average Bonchev–Trinajstić information content (AvgIpc) is 3.14. The minimum Gasteiger partial charge on any atom is -0.358 e. The van der Waals surface area contributed by atoms with E-state index in [2.05, 4.69) is 15.6 Å². The van der Waals surface area contributed by atoms with E-state index in [1.165, 1.54) is 0 Å². The van der Waals surface area contributed by atoms with E-state index < -0.39 is 11.7 Å². The van der Waals surface area contributed by atoms with Crippen molar-refractivity contribution in [3.63, 3.8) is 0 Å². The Balaban J connectivity index is 1.35. The second-order valence-corrected chi connectivity index (χ2v) is 8.46. The molecule has 1 aliphatic rings. The van der Waals surface area contributed by atoms with Crippen LogP contribution in [0.25, 0.3) is 10.9 Å². The lowest BCUT2D eigenvalue weighted by atomic mass is 9.97. The molecule has 0 bridgehead atoms. The van der Waals surface area contributed by atoms with Crippen LogP contribution in [0.5, 0.6) is 0 Å². The van der Waals surface area contributed by atoms with Crippen LogP contribution in [0.2, 0.25) is 0 Å². The number of amides is 3. The molecule has 0 aliphatic carbocycles. The zero-order valence-electron chi connectivity index (χ0n) is 18.4. The van der Waals surface area contributed by atoms with Crippen molar-refractivity contribution in [1.82, 2.24) is 15.2 Å². The SMILES string of the molecule is Cc1ccc(NC(=O)NCC2CCCN(C(=O)C(=O)c3c(C)[nH]c4ccccc34)C2)cc1. The second kappa shape index (κ2) is 9.26. The Bertz CT molecular complexity index is 1150. The summed E-state index contributed by atoms with van der Waals surface area (Å²) < 4.78 is 0. The van der Waals surface area contributed by atoms with Crippen molar-refractivity contribution in [2.75, 3.05) is 25.0 Å². The molecule has 1 saturated heterocycles. The van der Waals surface area contributed by atoms with Crippen LogP contribution in [0.3, 0.4) is 0 Å². The van der Waals surface area contributed by atoms with Gasteiger partial charge >= 0.3 is 6.03 Å². The minimum atomic E-state index is -0.481. The van der Waals surface area contributed by atoms with E-state index in [4.69, 9.17) is 0 Å². The number of carbonyl (C=O) groups is 3. The largest absolute Gasteiger partial charge is 0.358 e. The number of anilines is 1. The molecule has 0 saturated carbocycles. The molecular weight excluding hydrogens is 404 g/mol. The first-order chi connectivity index (χ1) is 15.4. The highest BCUT2D eigenvalue weighted by Crippen LogP contribution is 2.24. The number of nitrogens with zero attached hydrogens (tertiary/aromatic N) is 1. The topological polar surface area (TPSA) is 94.3 Å². The number of piperidine rings is 1. The predicted octanol–water partition coefficient (Wildman–Crippen LogP) is 4.03. The van der Waals surface area contributed by atoms with E-state index in [0.29, 0.717) is 30.9 Å².